The Hall–Kier alpha value is -3.35. The number of carbonyl (C=O) groups is 2. The molecule has 0 spiro atoms. The first kappa shape index (κ1) is 18.0. The Morgan fingerprint density at radius 1 is 1.11 bits per heavy atom. The molecule has 1 amide bonds. The quantitative estimate of drug-likeness (QED) is 0.689. The molecule has 4 rings (SSSR count). The van der Waals surface area contributed by atoms with Crippen molar-refractivity contribution < 1.29 is 19.1 Å². The Kier molecular flexibility index (Phi) is 4.97. The highest BCUT2D eigenvalue weighted by molar-refractivity contribution is 5.95. The largest absolute Gasteiger partial charge is 0.497 e. The van der Waals surface area contributed by atoms with Crippen LogP contribution in [-0.2, 0) is 9.53 Å². The van der Waals surface area contributed by atoms with Gasteiger partial charge < -0.3 is 19.4 Å². The summed E-state index contributed by atoms with van der Waals surface area (Å²) >= 11 is 0. The molecular formula is C21H21N3O4. The molecule has 0 bridgehead atoms. The zero-order chi connectivity index (χ0) is 19.5. The number of methoxy groups -OCH3 is 1. The maximum atomic E-state index is 12.3. The number of carbonyl (C=O) groups excluding carboxylic acids is 2. The molecule has 1 aromatic heterocycles. The number of imidazole rings is 1. The van der Waals surface area contributed by atoms with Crippen molar-refractivity contribution in [2.75, 3.05) is 26.8 Å². The van der Waals surface area contributed by atoms with Gasteiger partial charge in [-0.25, -0.2) is 9.78 Å². The molecule has 1 fully saturated rings. The Morgan fingerprint density at radius 3 is 2.57 bits per heavy atom. The van der Waals surface area contributed by atoms with Crippen molar-refractivity contribution in [2.24, 2.45) is 0 Å². The number of nitrogens with zero attached hydrogens (tertiary/aromatic N) is 2. The summed E-state index contributed by atoms with van der Waals surface area (Å²) in [7, 11) is 1.62. The van der Waals surface area contributed by atoms with Gasteiger partial charge in [-0.3, -0.25) is 4.79 Å². The molecule has 0 saturated carbocycles. The summed E-state index contributed by atoms with van der Waals surface area (Å²) in [6.07, 6.45) is 2.01. The summed E-state index contributed by atoms with van der Waals surface area (Å²) in [4.78, 5) is 33.8. The van der Waals surface area contributed by atoms with Gasteiger partial charge in [0.1, 0.15) is 11.6 Å². The second kappa shape index (κ2) is 7.72. The van der Waals surface area contributed by atoms with Crippen molar-refractivity contribution in [2.45, 2.75) is 12.8 Å². The molecule has 7 heteroatoms. The Balaban J connectivity index is 1.47. The topological polar surface area (TPSA) is 84.5 Å². The number of nitrogens with one attached hydrogen (secondary N) is 1. The summed E-state index contributed by atoms with van der Waals surface area (Å²) < 4.78 is 10.4. The Bertz CT molecular complexity index is 1000. The van der Waals surface area contributed by atoms with Gasteiger partial charge in [-0.15, -0.1) is 0 Å². The van der Waals surface area contributed by atoms with Crippen LogP contribution in [0.4, 0.5) is 0 Å². The monoisotopic (exact) mass is 379 g/mol. The van der Waals surface area contributed by atoms with Crippen LogP contribution in [0.3, 0.4) is 0 Å². The van der Waals surface area contributed by atoms with E-state index in [9.17, 15) is 9.59 Å². The number of aromatic nitrogens is 2. The van der Waals surface area contributed by atoms with E-state index in [0.29, 0.717) is 11.4 Å². The zero-order valence-corrected chi connectivity index (χ0v) is 15.6. The lowest BCUT2D eigenvalue weighted by Gasteiger charge is -2.14. The van der Waals surface area contributed by atoms with Crippen molar-refractivity contribution in [1.82, 2.24) is 14.9 Å². The predicted octanol–water partition coefficient (Wildman–Crippen LogP) is 3.02. The fraction of sp³-hybridized carbons (Fsp3) is 0.286. The molecule has 1 aliphatic rings. The summed E-state index contributed by atoms with van der Waals surface area (Å²) in [5.74, 6) is 0.811. The predicted molar refractivity (Wildman–Crippen MR) is 104 cm³/mol. The van der Waals surface area contributed by atoms with E-state index in [4.69, 9.17) is 9.47 Å². The SMILES string of the molecule is COc1ccc(-c2nc3ccc(C(=O)OCC(=O)N4CCCC4)cc3[nH]2)cc1. The minimum Gasteiger partial charge on any atom is -0.497 e. The van der Waals surface area contributed by atoms with E-state index in [0.717, 1.165) is 48.3 Å². The Morgan fingerprint density at radius 2 is 1.86 bits per heavy atom. The van der Waals surface area contributed by atoms with Gasteiger partial charge in [-0.05, 0) is 55.3 Å². The van der Waals surface area contributed by atoms with Crippen molar-refractivity contribution in [3.05, 3.63) is 48.0 Å². The van der Waals surface area contributed by atoms with E-state index in [1.807, 2.05) is 24.3 Å². The highest BCUT2D eigenvalue weighted by Gasteiger charge is 2.20. The van der Waals surface area contributed by atoms with Crippen LogP contribution in [0, 0.1) is 0 Å². The van der Waals surface area contributed by atoms with Crippen LogP contribution < -0.4 is 4.74 Å². The molecule has 1 aliphatic heterocycles. The third kappa shape index (κ3) is 3.69. The molecule has 0 aliphatic carbocycles. The molecule has 0 atom stereocenters. The third-order valence-corrected chi connectivity index (χ3v) is 4.87. The number of hydrogen-bond donors (Lipinski definition) is 1. The first-order valence-electron chi connectivity index (χ1n) is 9.23. The van der Waals surface area contributed by atoms with E-state index in [-0.39, 0.29) is 12.5 Å². The third-order valence-electron chi connectivity index (χ3n) is 4.87. The smallest absolute Gasteiger partial charge is 0.338 e. The van der Waals surface area contributed by atoms with E-state index in [2.05, 4.69) is 9.97 Å². The number of esters is 1. The van der Waals surface area contributed by atoms with Gasteiger partial charge in [0, 0.05) is 18.7 Å². The van der Waals surface area contributed by atoms with Gasteiger partial charge in [0.25, 0.3) is 5.91 Å². The Labute approximate surface area is 162 Å². The van der Waals surface area contributed by atoms with Crippen LogP contribution in [-0.4, -0.2) is 53.6 Å². The maximum absolute atomic E-state index is 12.3. The van der Waals surface area contributed by atoms with Gasteiger partial charge in [0.05, 0.1) is 23.7 Å². The number of hydrogen-bond acceptors (Lipinski definition) is 5. The number of benzene rings is 2. The number of ether oxygens (including phenoxy) is 2. The molecule has 144 valence electrons. The maximum Gasteiger partial charge on any atom is 0.338 e. The van der Waals surface area contributed by atoms with Crippen LogP contribution in [0.5, 0.6) is 5.75 Å². The van der Waals surface area contributed by atoms with Gasteiger partial charge in [-0.2, -0.15) is 0 Å². The van der Waals surface area contributed by atoms with Gasteiger partial charge >= 0.3 is 5.97 Å². The number of aromatic amines is 1. The van der Waals surface area contributed by atoms with Gasteiger partial charge in [0.2, 0.25) is 0 Å². The molecule has 0 radical (unpaired) electrons. The van der Waals surface area contributed by atoms with Crippen molar-refractivity contribution in [3.8, 4) is 17.1 Å². The molecule has 0 unspecified atom stereocenters. The average molecular weight is 379 g/mol. The van der Waals surface area contributed by atoms with Gasteiger partial charge in [0.15, 0.2) is 6.61 Å². The molecule has 2 aromatic carbocycles. The molecule has 7 nitrogen and oxygen atoms in total. The van der Waals surface area contributed by atoms with Crippen LogP contribution in [0.2, 0.25) is 0 Å². The minimum absolute atomic E-state index is 0.143. The molecule has 1 N–H and O–H groups in total. The number of amides is 1. The van der Waals surface area contributed by atoms with Gasteiger partial charge in [-0.1, -0.05) is 0 Å². The van der Waals surface area contributed by atoms with E-state index in [1.54, 1.807) is 30.2 Å². The lowest BCUT2D eigenvalue weighted by molar-refractivity contribution is -0.133. The standard InChI is InChI=1S/C21H21N3O4/c1-27-16-7-4-14(5-8-16)20-22-17-9-6-15(12-18(17)23-20)21(26)28-13-19(25)24-10-2-3-11-24/h4-9,12H,2-3,10-11,13H2,1H3,(H,22,23). The lowest BCUT2D eigenvalue weighted by Crippen LogP contribution is -2.32. The van der Waals surface area contributed by atoms with E-state index < -0.39 is 5.97 Å². The van der Waals surface area contributed by atoms with E-state index in [1.165, 1.54) is 0 Å². The number of H-pyrrole nitrogens is 1. The number of fused-ring (bicyclic) bond motifs is 1. The average Bonchev–Trinajstić information content (AvgIpc) is 3.41. The first-order chi connectivity index (χ1) is 13.6. The molecule has 2 heterocycles. The van der Waals surface area contributed by atoms with E-state index >= 15 is 0 Å². The van der Waals surface area contributed by atoms with Crippen LogP contribution >= 0.6 is 0 Å². The van der Waals surface area contributed by atoms with Crippen LogP contribution in [0.25, 0.3) is 22.4 Å². The summed E-state index contributed by atoms with van der Waals surface area (Å²) in [6.45, 7) is 1.26. The number of rotatable bonds is 5. The molecular weight excluding hydrogens is 358 g/mol. The second-order valence-electron chi connectivity index (χ2n) is 6.71. The lowest BCUT2D eigenvalue weighted by atomic mass is 10.2. The summed E-state index contributed by atoms with van der Waals surface area (Å²) in [6, 6.07) is 12.7. The fourth-order valence-corrected chi connectivity index (χ4v) is 3.29. The van der Waals surface area contributed by atoms with Crippen LogP contribution in [0.1, 0.15) is 23.2 Å². The zero-order valence-electron chi connectivity index (χ0n) is 15.6. The number of likely N-dealkylation sites (tertiary alicyclic amines) is 1. The first-order valence-corrected chi connectivity index (χ1v) is 9.23. The molecule has 3 aromatic rings. The molecule has 28 heavy (non-hydrogen) atoms. The highest BCUT2D eigenvalue weighted by atomic mass is 16.5. The van der Waals surface area contributed by atoms with Crippen LogP contribution in [0.15, 0.2) is 42.5 Å². The van der Waals surface area contributed by atoms with Crippen molar-refractivity contribution in [1.29, 1.82) is 0 Å². The van der Waals surface area contributed by atoms with Crippen molar-refractivity contribution >= 4 is 22.9 Å². The summed E-state index contributed by atoms with van der Waals surface area (Å²) in [5.41, 5.74) is 2.77. The highest BCUT2D eigenvalue weighted by Crippen LogP contribution is 2.23. The molecule has 1 saturated heterocycles. The fourth-order valence-electron chi connectivity index (χ4n) is 3.29. The van der Waals surface area contributed by atoms with Crippen molar-refractivity contribution in [3.63, 3.8) is 0 Å². The normalized spacial score (nSPS) is 13.7. The minimum atomic E-state index is -0.518. The second-order valence-corrected chi connectivity index (χ2v) is 6.71. The summed E-state index contributed by atoms with van der Waals surface area (Å²) in [5, 5.41) is 0.